The largest absolute Gasteiger partial charge is 1.00 e. The number of carbonyl (C=O) groups is 3. The summed E-state index contributed by atoms with van der Waals surface area (Å²) in [5, 5.41) is 69.7. The molecule has 0 radical (unpaired) electrons. The first kappa shape index (κ1) is 108. The molecule has 8 saturated heterocycles. The molecular weight excluding hydrogens is 1690 g/mol. The molecule has 0 unspecified atom stereocenters. The van der Waals surface area contributed by atoms with Crippen LogP contribution in [0.25, 0.3) is 0 Å². The average molecular weight is 1850 g/mol. The third kappa shape index (κ3) is 23.1. The van der Waals surface area contributed by atoms with Crippen LogP contribution in [0, 0.1) is 82.9 Å². The first-order valence-corrected chi connectivity index (χ1v) is 48.5. The molecule has 0 amide bonds. The molecule has 36 atom stereocenters. The minimum absolute atomic E-state index is 0. The van der Waals surface area contributed by atoms with E-state index in [2.05, 4.69) is 63.8 Å². The van der Waals surface area contributed by atoms with Crippen molar-refractivity contribution in [1.82, 2.24) is 0 Å². The number of aliphatic hydroxyl groups is 6. The summed E-state index contributed by atoms with van der Waals surface area (Å²) >= 11 is 3.36. The SMILES string of the molecule is CC[C@@H](C(=O)[C@@H](C)[C@@H](O)[C@H](C)[C@@H]1O[C@@H]([C@@H](CC)C(=O)OCc2ccc(OC)cc2)CC[C@@H]1C)[C@H]1O[C@]2(C=C[C@@H](O)[C@]3(CC[C@@](C)([C@H]4CC[C@](O)(CC)[C@H](C)O4)O3)O2)[C@H](C)C[C@@H]1C.CC[C@@H]([C-]=O)[C@H]1CC[C@H](C)[C@H]([C@@H](C)[C@H](O)[C@H](C)C(=O)[C@H](CC)[C@H]2O[C@]3(C=C[C@@H](O)[C@]4(CC[C@@](C)([C@H]5CC[C@](O)(CC)[C@H](C)O5)O4)O3)[C@H](C)C[C@@H]2C)O1.COc1ccc(CBr)cc1.[Na+].[OH-]. The molecule has 10 aliphatic rings. The van der Waals surface area contributed by atoms with Gasteiger partial charge < -0.3 is 102 Å². The van der Waals surface area contributed by atoms with Gasteiger partial charge in [-0.25, -0.2) is 0 Å². The molecule has 2 aromatic rings. The second kappa shape index (κ2) is 45.4. The second-order valence-electron chi connectivity index (χ2n) is 39.7. The van der Waals surface area contributed by atoms with Gasteiger partial charge in [-0.15, -0.1) is 5.92 Å². The zero-order valence-electron chi connectivity index (χ0n) is 80.1. The molecule has 0 saturated carbocycles. The van der Waals surface area contributed by atoms with Gasteiger partial charge in [-0.05, 0) is 220 Å². The van der Waals surface area contributed by atoms with Crippen molar-refractivity contribution < 1.29 is 146 Å². The van der Waals surface area contributed by atoms with Gasteiger partial charge in [0, 0.05) is 71.6 Å². The average Bonchev–Trinajstić information content (AvgIpc) is 1.55. The summed E-state index contributed by atoms with van der Waals surface area (Å²) in [6.07, 6.45) is 14.3. The van der Waals surface area contributed by atoms with Gasteiger partial charge in [0.1, 0.15) is 41.9 Å². The van der Waals surface area contributed by atoms with Gasteiger partial charge in [0.2, 0.25) is 11.6 Å². The van der Waals surface area contributed by atoms with Gasteiger partial charge >= 0.3 is 35.5 Å². The molecule has 10 aliphatic heterocycles. The quantitative estimate of drug-likeness (QED) is 0.0145. The van der Waals surface area contributed by atoms with E-state index in [9.17, 15) is 49.8 Å². The number of hydrogen-bond acceptors (Lipinski definition) is 24. The van der Waals surface area contributed by atoms with Crippen molar-refractivity contribution in [2.24, 2.45) is 82.9 Å². The Hall–Kier alpha value is -3.20. The molecule has 710 valence electrons. The molecule has 7 N–H and O–H groups in total. The number of aliphatic hydroxyl groups excluding tert-OH is 4. The first-order chi connectivity index (χ1) is 58.6. The number of benzene rings is 2. The topological polar surface area (TPSA) is 340 Å². The number of ketones is 2. The van der Waals surface area contributed by atoms with Crippen LogP contribution in [0.1, 0.15) is 278 Å². The van der Waals surface area contributed by atoms with Gasteiger partial charge in [-0.2, -0.15) is 0 Å². The molecule has 0 aliphatic carbocycles. The van der Waals surface area contributed by atoms with Gasteiger partial charge in [-0.3, -0.25) is 20.7 Å². The van der Waals surface area contributed by atoms with Crippen LogP contribution in [0.3, 0.4) is 0 Å². The molecule has 0 aromatic heterocycles. The number of Topliss-reactive ketones (excluding diaryl/α,β-unsaturated/α-hetero) is 2. The molecular formula is C100H157BrNaO24-. The Labute approximate surface area is 783 Å². The van der Waals surface area contributed by atoms with Gasteiger partial charge in [0.05, 0.1) is 110 Å². The van der Waals surface area contributed by atoms with Gasteiger partial charge in [-0.1, -0.05) is 157 Å². The summed E-state index contributed by atoms with van der Waals surface area (Å²) in [7, 11) is 3.28. The fourth-order valence-corrected chi connectivity index (χ4v) is 22.9. The maximum Gasteiger partial charge on any atom is 1.00 e. The van der Waals surface area contributed by atoms with Crippen molar-refractivity contribution in [1.29, 1.82) is 0 Å². The first-order valence-electron chi connectivity index (χ1n) is 47.4. The van der Waals surface area contributed by atoms with E-state index in [1.807, 2.05) is 145 Å². The Kier molecular flexibility index (Phi) is 39.0. The fourth-order valence-electron chi connectivity index (χ4n) is 22.5. The molecule has 0 bridgehead atoms. The Balaban J connectivity index is 0.000000279. The third-order valence-corrected chi connectivity index (χ3v) is 32.2. The molecule has 12 rings (SSSR count). The van der Waals surface area contributed by atoms with Crippen molar-refractivity contribution in [2.75, 3.05) is 14.2 Å². The van der Waals surface area contributed by atoms with Crippen LogP contribution in [0.5, 0.6) is 11.5 Å². The van der Waals surface area contributed by atoms with E-state index in [0.29, 0.717) is 103 Å². The van der Waals surface area contributed by atoms with E-state index in [1.165, 1.54) is 5.56 Å². The van der Waals surface area contributed by atoms with Crippen LogP contribution in [0.4, 0.5) is 0 Å². The molecule has 10 heterocycles. The Morgan fingerprint density at radius 3 is 1.25 bits per heavy atom. The third-order valence-electron chi connectivity index (χ3n) is 31.6. The number of ether oxygens (including phenoxy) is 13. The molecule has 4 spiro atoms. The van der Waals surface area contributed by atoms with Crippen molar-refractivity contribution in [3.8, 4) is 11.5 Å². The summed E-state index contributed by atoms with van der Waals surface area (Å²) in [5.41, 5.74) is -1.12. The molecule has 24 nitrogen and oxygen atoms in total. The molecule has 2 aromatic carbocycles. The van der Waals surface area contributed by atoms with Crippen LogP contribution in [-0.4, -0.2) is 205 Å². The van der Waals surface area contributed by atoms with Crippen molar-refractivity contribution in [2.45, 2.75) is 410 Å². The van der Waals surface area contributed by atoms with Gasteiger partial charge in [0.15, 0.2) is 11.6 Å². The van der Waals surface area contributed by atoms with Crippen molar-refractivity contribution >= 4 is 39.8 Å². The van der Waals surface area contributed by atoms with Crippen LogP contribution >= 0.6 is 15.9 Å². The van der Waals surface area contributed by atoms with E-state index in [1.54, 1.807) is 39.4 Å². The Bertz CT molecular complexity index is 3820. The summed E-state index contributed by atoms with van der Waals surface area (Å²) < 4.78 is 83.5. The second-order valence-corrected chi connectivity index (χ2v) is 40.3. The Morgan fingerprint density at radius 2 is 0.897 bits per heavy atom. The van der Waals surface area contributed by atoms with Crippen LogP contribution in [0.15, 0.2) is 72.8 Å². The van der Waals surface area contributed by atoms with E-state index >= 15 is 0 Å². The number of halogens is 1. The van der Waals surface area contributed by atoms with Crippen LogP contribution in [-0.2, 0) is 83.2 Å². The van der Waals surface area contributed by atoms with Gasteiger partial charge in [0.25, 0.3) is 0 Å². The smallest absolute Gasteiger partial charge is 0.870 e. The van der Waals surface area contributed by atoms with Crippen LogP contribution < -0.4 is 39.0 Å². The zero-order chi connectivity index (χ0) is 91.1. The minimum atomic E-state index is -1.38. The van der Waals surface area contributed by atoms with E-state index in [4.69, 9.17) is 61.6 Å². The minimum Gasteiger partial charge on any atom is -0.870 e. The molecule has 126 heavy (non-hydrogen) atoms. The number of methoxy groups -OCH3 is 2. The van der Waals surface area contributed by atoms with E-state index in [0.717, 1.165) is 48.1 Å². The predicted octanol–water partition coefficient (Wildman–Crippen LogP) is 13.5. The monoisotopic (exact) mass is 1840 g/mol. The summed E-state index contributed by atoms with van der Waals surface area (Å²) in [4.78, 5) is 54.1. The maximum absolute atomic E-state index is 14.7. The molecule has 26 heteroatoms. The van der Waals surface area contributed by atoms with Crippen molar-refractivity contribution in [3.05, 3.63) is 84.0 Å². The van der Waals surface area contributed by atoms with Crippen LogP contribution in [0.2, 0.25) is 0 Å². The van der Waals surface area contributed by atoms with E-state index in [-0.39, 0.29) is 161 Å². The predicted molar refractivity (Wildman–Crippen MR) is 478 cm³/mol. The Morgan fingerprint density at radius 1 is 0.508 bits per heavy atom. The molecule has 8 fully saturated rings. The van der Waals surface area contributed by atoms with E-state index < -0.39 is 112 Å². The standard InChI is InChI=1S/C50H78O12.C42H69O10.C8H9BrO.Na.H2O/c1-12-37(46(54)57-28-35-16-18-36(56-11)19-17-35)39-20-15-29(4)44(59-39)33(8)42(52)32(7)43(53)38(13-2)45-30(5)27-31(6)49(60-45)24-21-40(51)50(62-49)26-25-47(10,61-50)41-22-23-48(55,14-3)34(9)58-41;1-11-30(23-43)32-15-14-24(4)37(49-32)28(8)35(45)27(7)36(46)31(12-2)38-25(5)22-26(6)41(50-38)19-16-33(44)42(52-41)21-20-39(10,51-42)34-17-18-40(47,13-3)29(9)48-34;1-10-8-4-2-7(6-9)3-5-8;;/h16-19,21,24,29-34,37-42,44-45,51-52,55H,12-15,20,22-23,25-28H2,1-11H3;16,19,24-35,37-38,44-45,47H,11-15,17-18,20-22H2,1-10H3;2-5H,6H2,1H3;;1H2/q;-1;;+1;/p-1/t29-,30-,31+,32-,33-,34-,37+,38-,39+,40+,41+,42+,44+,45-,47-,48+,49-,50-;24-,25-,26+,27-,28-,29-,30-,31-,32+,33+,34+,35+,37+,38-,39-,40+,41-,42-;;;/m00.../s1. The van der Waals surface area contributed by atoms with Crippen molar-refractivity contribution in [3.63, 3.8) is 0 Å². The number of carbonyl (C=O) groups excluding carboxylic acids is 4. The summed E-state index contributed by atoms with van der Waals surface area (Å²) in [6.45, 7) is 39.9. The summed E-state index contributed by atoms with van der Waals surface area (Å²) in [6, 6.07) is 15.4. The number of alkyl halides is 1. The normalized spacial score (nSPS) is 40.3. The maximum atomic E-state index is 14.7. The number of esters is 1. The number of rotatable bonds is 29. The summed E-state index contributed by atoms with van der Waals surface area (Å²) in [5.74, 6) is -7.73. The zero-order valence-corrected chi connectivity index (χ0v) is 83.7. The fraction of sp³-hybridized carbons (Fsp3) is 0.800. The number of hydrogen-bond donors (Lipinski definition) is 6.